The van der Waals surface area contributed by atoms with Crippen LogP contribution >= 0.6 is 11.8 Å². The summed E-state index contributed by atoms with van der Waals surface area (Å²) < 4.78 is 40.4. The first-order chi connectivity index (χ1) is 14.8. The summed E-state index contributed by atoms with van der Waals surface area (Å²) in [6.45, 7) is 2.34. The number of benzene rings is 2. The molecule has 0 aliphatic carbocycles. The van der Waals surface area contributed by atoms with Gasteiger partial charge in [-0.2, -0.15) is 4.31 Å². The maximum Gasteiger partial charge on any atom is 0.248 e. The highest BCUT2D eigenvalue weighted by atomic mass is 32.2. The molecule has 1 heterocycles. The zero-order valence-corrected chi connectivity index (χ0v) is 18.6. The van der Waals surface area contributed by atoms with E-state index >= 15 is 0 Å². The molecule has 0 radical (unpaired) electrons. The number of hydrogen-bond acceptors (Lipinski definition) is 5. The van der Waals surface area contributed by atoms with Crippen LogP contribution in [-0.2, 0) is 19.6 Å². The second kappa shape index (κ2) is 10.3. The number of sulfonamides is 1. The summed E-state index contributed by atoms with van der Waals surface area (Å²) in [5, 5.41) is 0. The van der Waals surface area contributed by atoms with Gasteiger partial charge in [0.25, 0.3) is 0 Å². The molecule has 0 aromatic heterocycles. The fourth-order valence-corrected chi connectivity index (χ4v) is 5.40. The highest BCUT2D eigenvalue weighted by molar-refractivity contribution is 8.00. The van der Waals surface area contributed by atoms with Gasteiger partial charge in [-0.1, -0.05) is 29.8 Å². The summed E-state index contributed by atoms with van der Waals surface area (Å²) >= 11 is 1.03. The van der Waals surface area contributed by atoms with Crippen LogP contribution in [0.4, 0.5) is 4.39 Å². The van der Waals surface area contributed by atoms with Gasteiger partial charge in [0.15, 0.2) is 0 Å². The van der Waals surface area contributed by atoms with Crippen molar-refractivity contribution in [2.45, 2.75) is 29.6 Å². The zero-order chi connectivity index (χ0) is 22.4. The molecular weight excluding hydrogens is 441 g/mol. The van der Waals surface area contributed by atoms with Gasteiger partial charge in [0, 0.05) is 23.9 Å². The largest absolute Gasteiger partial charge is 0.273 e. The van der Waals surface area contributed by atoms with Crippen LogP contribution < -0.4 is 10.9 Å². The third-order valence-electron chi connectivity index (χ3n) is 5.00. The lowest BCUT2D eigenvalue weighted by molar-refractivity contribution is -0.131. The van der Waals surface area contributed by atoms with Gasteiger partial charge in [0.1, 0.15) is 5.82 Å². The van der Waals surface area contributed by atoms with Gasteiger partial charge in [-0.25, -0.2) is 12.8 Å². The van der Waals surface area contributed by atoms with Gasteiger partial charge in [0.05, 0.1) is 10.6 Å². The first kappa shape index (κ1) is 23.2. The summed E-state index contributed by atoms with van der Waals surface area (Å²) in [5.74, 6) is -1.67. The summed E-state index contributed by atoms with van der Waals surface area (Å²) in [6.07, 6.45) is 0.716. The number of hydrazine groups is 1. The Morgan fingerprint density at radius 2 is 1.71 bits per heavy atom. The molecule has 31 heavy (non-hydrogen) atoms. The van der Waals surface area contributed by atoms with Crippen molar-refractivity contribution in [1.29, 1.82) is 0 Å². The maximum atomic E-state index is 13.6. The van der Waals surface area contributed by atoms with Crippen LogP contribution in [0.1, 0.15) is 18.4 Å². The van der Waals surface area contributed by atoms with E-state index in [1.54, 1.807) is 42.5 Å². The molecule has 0 spiro atoms. The summed E-state index contributed by atoms with van der Waals surface area (Å²) in [4.78, 5) is 24.8. The molecule has 7 nitrogen and oxygen atoms in total. The predicted octanol–water partition coefficient (Wildman–Crippen LogP) is 2.47. The zero-order valence-electron chi connectivity index (χ0n) is 17.0. The lowest BCUT2D eigenvalue weighted by Gasteiger charge is -2.30. The maximum absolute atomic E-state index is 13.6. The van der Waals surface area contributed by atoms with Crippen LogP contribution in [0.25, 0.3) is 0 Å². The van der Waals surface area contributed by atoms with Crippen molar-refractivity contribution in [3.05, 3.63) is 59.9 Å². The predicted molar refractivity (Wildman–Crippen MR) is 116 cm³/mol. The van der Waals surface area contributed by atoms with Gasteiger partial charge in [0.2, 0.25) is 21.8 Å². The first-order valence-corrected chi connectivity index (χ1v) is 12.2. The monoisotopic (exact) mass is 465 g/mol. The van der Waals surface area contributed by atoms with Crippen molar-refractivity contribution >= 4 is 33.6 Å². The molecule has 0 saturated carbocycles. The Balaban J connectivity index is 1.44. The second-order valence-electron chi connectivity index (χ2n) is 7.25. The van der Waals surface area contributed by atoms with Gasteiger partial charge in [-0.15, -0.1) is 11.8 Å². The topological polar surface area (TPSA) is 95.6 Å². The Morgan fingerprint density at radius 1 is 1.06 bits per heavy atom. The normalized spacial score (nSPS) is 15.4. The smallest absolute Gasteiger partial charge is 0.248 e. The number of thioether (sulfide) groups is 1. The van der Waals surface area contributed by atoms with E-state index in [2.05, 4.69) is 10.9 Å². The number of amides is 2. The van der Waals surface area contributed by atoms with Gasteiger partial charge in [-0.05, 0) is 44.0 Å². The van der Waals surface area contributed by atoms with Crippen molar-refractivity contribution < 1.29 is 22.4 Å². The molecule has 3 rings (SSSR count). The first-order valence-electron chi connectivity index (χ1n) is 9.80. The highest BCUT2D eigenvalue weighted by Gasteiger charge is 2.32. The van der Waals surface area contributed by atoms with Crippen molar-refractivity contribution in [2.75, 3.05) is 18.8 Å². The molecule has 1 aliphatic rings. The number of carbonyl (C=O) groups excluding carboxylic acids is 2. The Kier molecular flexibility index (Phi) is 7.69. The minimum absolute atomic E-state index is 0.0472. The molecule has 1 fully saturated rings. The molecule has 2 aromatic rings. The Morgan fingerprint density at radius 3 is 2.35 bits per heavy atom. The average molecular weight is 466 g/mol. The fourth-order valence-electron chi connectivity index (χ4n) is 3.19. The number of carbonyl (C=O) groups is 2. The quantitative estimate of drug-likeness (QED) is 0.505. The van der Waals surface area contributed by atoms with Crippen LogP contribution in [0.5, 0.6) is 0 Å². The van der Waals surface area contributed by atoms with Gasteiger partial charge >= 0.3 is 0 Å². The number of hydrogen-bond donors (Lipinski definition) is 2. The van der Waals surface area contributed by atoms with E-state index < -0.39 is 27.7 Å². The van der Waals surface area contributed by atoms with Crippen LogP contribution in [-0.4, -0.2) is 43.4 Å². The Labute approximate surface area is 185 Å². The average Bonchev–Trinajstić information content (AvgIpc) is 2.77. The Bertz CT molecular complexity index is 1040. The lowest BCUT2D eigenvalue weighted by Crippen LogP contribution is -2.48. The molecule has 1 aliphatic heterocycles. The molecule has 0 unspecified atom stereocenters. The van der Waals surface area contributed by atoms with Crippen molar-refractivity contribution in [1.82, 2.24) is 15.2 Å². The number of aryl methyl sites for hydroxylation is 1. The molecular formula is C21H24FN3O4S2. The van der Waals surface area contributed by atoms with Crippen LogP contribution in [0.3, 0.4) is 0 Å². The SMILES string of the molecule is Cc1ccc(S(=O)(=O)N2CCC(C(=O)NNC(=O)CSc3ccccc3F)CC2)cc1. The van der Waals surface area contributed by atoms with E-state index in [-0.39, 0.29) is 29.6 Å². The van der Waals surface area contributed by atoms with Gasteiger partial charge < -0.3 is 0 Å². The van der Waals surface area contributed by atoms with Crippen molar-refractivity contribution in [3.8, 4) is 0 Å². The molecule has 0 bridgehead atoms. The van der Waals surface area contributed by atoms with E-state index in [0.29, 0.717) is 17.7 Å². The third-order valence-corrected chi connectivity index (χ3v) is 7.97. The van der Waals surface area contributed by atoms with E-state index in [4.69, 9.17) is 0 Å². The molecule has 1 saturated heterocycles. The number of rotatable bonds is 6. The minimum Gasteiger partial charge on any atom is -0.273 e. The molecule has 166 valence electrons. The second-order valence-corrected chi connectivity index (χ2v) is 10.2. The number of halogens is 1. The standard InChI is InChI=1S/C21H24FN3O4S2/c1-15-6-8-17(9-7-15)31(28,29)25-12-10-16(11-13-25)21(27)24-23-20(26)14-30-19-5-3-2-4-18(19)22/h2-9,16H,10-14H2,1H3,(H,23,26)(H,24,27). The molecule has 2 N–H and O–H groups in total. The molecule has 2 amide bonds. The number of nitrogens with zero attached hydrogens (tertiary/aromatic N) is 1. The molecule has 2 aromatic carbocycles. The van der Waals surface area contributed by atoms with E-state index in [0.717, 1.165) is 17.3 Å². The van der Waals surface area contributed by atoms with Crippen LogP contribution in [0.15, 0.2) is 58.3 Å². The summed E-state index contributed by atoms with van der Waals surface area (Å²) in [5.41, 5.74) is 5.69. The van der Waals surface area contributed by atoms with E-state index in [9.17, 15) is 22.4 Å². The summed E-state index contributed by atoms with van der Waals surface area (Å²) in [6, 6.07) is 12.8. The van der Waals surface area contributed by atoms with Crippen LogP contribution in [0.2, 0.25) is 0 Å². The Hall–Kier alpha value is -2.43. The van der Waals surface area contributed by atoms with Gasteiger partial charge in [-0.3, -0.25) is 20.4 Å². The van der Waals surface area contributed by atoms with Crippen molar-refractivity contribution in [3.63, 3.8) is 0 Å². The minimum atomic E-state index is -3.59. The lowest BCUT2D eigenvalue weighted by atomic mass is 9.98. The third kappa shape index (κ3) is 6.05. The van der Waals surface area contributed by atoms with Crippen LogP contribution in [0, 0.1) is 18.7 Å². The van der Waals surface area contributed by atoms with E-state index in [1.165, 1.54) is 10.4 Å². The number of piperidine rings is 1. The van der Waals surface area contributed by atoms with Crippen molar-refractivity contribution in [2.24, 2.45) is 5.92 Å². The van der Waals surface area contributed by atoms with E-state index in [1.807, 2.05) is 6.92 Å². The highest BCUT2D eigenvalue weighted by Crippen LogP contribution is 2.24. The molecule has 10 heteroatoms. The fraction of sp³-hybridized carbons (Fsp3) is 0.333. The molecule has 0 atom stereocenters. The summed E-state index contributed by atoms with van der Waals surface area (Å²) in [7, 11) is -3.59. The number of nitrogens with one attached hydrogen (secondary N) is 2.